The van der Waals surface area contributed by atoms with E-state index in [1.54, 1.807) is 0 Å². The number of anilines is 1. The number of nitrogens with zero attached hydrogens (tertiary/aromatic N) is 2. The number of aromatic nitrogens is 2. The molecule has 0 aliphatic rings. The lowest BCUT2D eigenvalue weighted by molar-refractivity contribution is 0.664. The lowest BCUT2D eigenvalue weighted by Gasteiger charge is -2.07. The molecule has 0 atom stereocenters. The Morgan fingerprint density at radius 1 is 1.10 bits per heavy atom. The highest BCUT2D eigenvalue weighted by Gasteiger charge is 2.10. The molecule has 0 fully saturated rings. The fraction of sp³-hybridized carbons (Fsp3) is 0.235. The van der Waals surface area contributed by atoms with Gasteiger partial charge >= 0.3 is 0 Å². The second-order valence-corrected chi connectivity index (χ2v) is 5.09. The van der Waals surface area contributed by atoms with Gasteiger partial charge in [-0.3, -0.25) is 0 Å². The van der Waals surface area contributed by atoms with Crippen molar-refractivity contribution in [3.05, 3.63) is 59.9 Å². The van der Waals surface area contributed by atoms with E-state index >= 15 is 0 Å². The fourth-order valence-electron chi connectivity index (χ4n) is 2.58. The van der Waals surface area contributed by atoms with Crippen LogP contribution in [0.5, 0.6) is 0 Å². The smallest absolute Gasteiger partial charge is 0.114 e. The van der Waals surface area contributed by atoms with Crippen LogP contribution in [0.15, 0.2) is 48.5 Å². The van der Waals surface area contributed by atoms with Gasteiger partial charge in [-0.25, -0.2) is 4.98 Å². The van der Waals surface area contributed by atoms with Gasteiger partial charge in [0.1, 0.15) is 5.82 Å². The van der Waals surface area contributed by atoms with Crippen molar-refractivity contribution in [2.75, 3.05) is 5.73 Å². The maximum atomic E-state index is 5.86. The number of rotatable bonds is 4. The topological polar surface area (TPSA) is 43.8 Å². The molecule has 1 aromatic heterocycles. The number of hydrogen-bond acceptors (Lipinski definition) is 2. The van der Waals surface area contributed by atoms with E-state index in [-0.39, 0.29) is 0 Å². The zero-order valence-electron chi connectivity index (χ0n) is 11.7. The van der Waals surface area contributed by atoms with Crippen LogP contribution in [-0.4, -0.2) is 9.55 Å². The van der Waals surface area contributed by atoms with Gasteiger partial charge in [-0.05, 0) is 30.2 Å². The Kier molecular flexibility index (Phi) is 3.42. The zero-order chi connectivity index (χ0) is 13.9. The molecular weight excluding hydrogens is 246 g/mol. The van der Waals surface area contributed by atoms with Gasteiger partial charge in [0.15, 0.2) is 0 Å². The van der Waals surface area contributed by atoms with Crippen LogP contribution in [0.3, 0.4) is 0 Å². The van der Waals surface area contributed by atoms with Crippen LogP contribution in [-0.2, 0) is 13.0 Å². The number of imidazole rings is 1. The van der Waals surface area contributed by atoms with Crippen molar-refractivity contribution in [2.24, 2.45) is 0 Å². The van der Waals surface area contributed by atoms with Gasteiger partial charge in [-0.15, -0.1) is 0 Å². The van der Waals surface area contributed by atoms with E-state index in [1.165, 1.54) is 11.1 Å². The summed E-state index contributed by atoms with van der Waals surface area (Å²) in [5, 5.41) is 0. The number of nitrogens with two attached hydrogens (primary N) is 1. The molecule has 3 aromatic rings. The first-order valence-corrected chi connectivity index (χ1v) is 7.06. The van der Waals surface area contributed by atoms with E-state index in [0.717, 1.165) is 36.4 Å². The predicted molar refractivity (Wildman–Crippen MR) is 83.7 cm³/mol. The van der Waals surface area contributed by atoms with Crippen LogP contribution >= 0.6 is 0 Å². The van der Waals surface area contributed by atoms with E-state index in [9.17, 15) is 0 Å². The quantitative estimate of drug-likeness (QED) is 0.732. The molecular formula is C17H19N3. The average molecular weight is 265 g/mol. The zero-order valence-corrected chi connectivity index (χ0v) is 11.7. The molecule has 102 valence electrons. The minimum absolute atomic E-state index is 0.768. The molecule has 1 heterocycles. The lowest BCUT2D eigenvalue weighted by atomic mass is 10.1. The first-order valence-electron chi connectivity index (χ1n) is 7.06. The summed E-state index contributed by atoms with van der Waals surface area (Å²) in [6.45, 7) is 3.18. The van der Waals surface area contributed by atoms with Gasteiger partial charge in [0, 0.05) is 18.7 Å². The van der Waals surface area contributed by atoms with Crippen molar-refractivity contribution in [3.8, 4) is 0 Å². The lowest BCUT2D eigenvalue weighted by Crippen LogP contribution is -2.04. The summed E-state index contributed by atoms with van der Waals surface area (Å²) >= 11 is 0. The third kappa shape index (κ3) is 2.39. The summed E-state index contributed by atoms with van der Waals surface area (Å²) in [6, 6.07) is 16.4. The van der Waals surface area contributed by atoms with Gasteiger partial charge in [-0.2, -0.15) is 0 Å². The second kappa shape index (κ2) is 5.37. The van der Waals surface area contributed by atoms with E-state index in [0.29, 0.717) is 0 Å². The highest BCUT2D eigenvalue weighted by atomic mass is 15.1. The number of fused-ring (bicyclic) bond motifs is 1. The fourth-order valence-corrected chi connectivity index (χ4v) is 2.58. The number of nitrogen functional groups attached to an aromatic ring is 1. The summed E-state index contributed by atoms with van der Waals surface area (Å²) in [5.41, 5.74) is 10.1. The van der Waals surface area contributed by atoms with Crippen molar-refractivity contribution >= 4 is 16.7 Å². The van der Waals surface area contributed by atoms with Crippen LogP contribution in [0.25, 0.3) is 11.0 Å². The van der Waals surface area contributed by atoms with E-state index in [4.69, 9.17) is 10.7 Å². The Morgan fingerprint density at radius 2 is 1.90 bits per heavy atom. The molecule has 0 amide bonds. The molecule has 2 aromatic carbocycles. The number of benzene rings is 2. The van der Waals surface area contributed by atoms with Gasteiger partial charge in [0.05, 0.1) is 11.0 Å². The molecule has 3 rings (SSSR count). The van der Waals surface area contributed by atoms with Crippen molar-refractivity contribution in [3.63, 3.8) is 0 Å². The maximum Gasteiger partial charge on any atom is 0.114 e. The Balaban J connectivity index is 2.06. The molecule has 2 N–H and O–H groups in total. The van der Waals surface area contributed by atoms with Crippen molar-refractivity contribution < 1.29 is 0 Å². The van der Waals surface area contributed by atoms with Gasteiger partial charge in [-0.1, -0.05) is 37.3 Å². The minimum Gasteiger partial charge on any atom is -0.399 e. The molecule has 3 nitrogen and oxygen atoms in total. The Hall–Kier alpha value is -2.29. The molecule has 0 bridgehead atoms. The van der Waals surface area contributed by atoms with Crippen LogP contribution in [0.2, 0.25) is 0 Å². The molecule has 0 aliphatic heterocycles. The second-order valence-electron chi connectivity index (χ2n) is 5.09. The third-order valence-electron chi connectivity index (χ3n) is 3.50. The summed E-state index contributed by atoms with van der Waals surface area (Å²) < 4.78 is 2.31. The van der Waals surface area contributed by atoms with E-state index in [1.807, 2.05) is 18.2 Å². The van der Waals surface area contributed by atoms with Crippen molar-refractivity contribution in [1.82, 2.24) is 9.55 Å². The van der Waals surface area contributed by atoms with Crippen molar-refractivity contribution in [2.45, 2.75) is 26.3 Å². The van der Waals surface area contributed by atoms with Crippen LogP contribution < -0.4 is 5.73 Å². The molecule has 0 spiro atoms. The van der Waals surface area contributed by atoms with Crippen LogP contribution in [0, 0.1) is 0 Å². The molecule has 20 heavy (non-hydrogen) atoms. The molecule has 0 saturated carbocycles. The third-order valence-corrected chi connectivity index (χ3v) is 3.50. The van der Waals surface area contributed by atoms with Crippen LogP contribution in [0.1, 0.15) is 24.7 Å². The average Bonchev–Trinajstić information content (AvgIpc) is 2.77. The summed E-state index contributed by atoms with van der Waals surface area (Å²) in [7, 11) is 0. The van der Waals surface area contributed by atoms with Gasteiger partial charge < -0.3 is 10.3 Å². The van der Waals surface area contributed by atoms with E-state index < -0.39 is 0 Å². The number of aryl methyl sites for hydroxylation is 1. The largest absolute Gasteiger partial charge is 0.399 e. The molecule has 3 heteroatoms. The predicted octanol–water partition coefficient (Wildman–Crippen LogP) is 3.62. The molecule has 0 aliphatic carbocycles. The SMILES string of the molecule is CCCn1c(Cc2ccccc2)nc2cc(N)ccc21. The summed E-state index contributed by atoms with van der Waals surface area (Å²) in [5.74, 6) is 1.11. The Labute approximate surface area is 119 Å². The highest BCUT2D eigenvalue weighted by molar-refractivity contribution is 5.79. The van der Waals surface area contributed by atoms with E-state index in [2.05, 4.69) is 41.8 Å². The molecule has 0 radical (unpaired) electrons. The monoisotopic (exact) mass is 265 g/mol. The highest BCUT2D eigenvalue weighted by Crippen LogP contribution is 2.21. The van der Waals surface area contributed by atoms with Crippen molar-refractivity contribution in [1.29, 1.82) is 0 Å². The van der Waals surface area contributed by atoms with Gasteiger partial charge in [0.2, 0.25) is 0 Å². The Bertz CT molecular complexity index is 714. The molecule has 0 saturated heterocycles. The maximum absolute atomic E-state index is 5.86. The summed E-state index contributed by atoms with van der Waals surface area (Å²) in [4.78, 5) is 4.77. The van der Waals surface area contributed by atoms with Crippen LogP contribution in [0.4, 0.5) is 5.69 Å². The normalized spacial score (nSPS) is 11.1. The first kappa shape index (κ1) is 12.7. The summed E-state index contributed by atoms with van der Waals surface area (Å²) in [6.07, 6.45) is 1.95. The number of hydrogen-bond donors (Lipinski definition) is 1. The molecule has 0 unspecified atom stereocenters. The van der Waals surface area contributed by atoms with Gasteiger partial charge in [0.25, 0.3) is 0 Å². The first-order chi connectivity index (χ1) is 9.78. The standard InChI is InChI=1S/C17H19N3/c1-2-10-20-16-9-8-14(18)12-15(16)19-17(20)11-13-6-4-3-5-7-13/h3-9,12H,2,10-11,18H2,1H3. The minimum atomic E-state index is 0.768. The Morgan fingerprint density at radius 3 is 2.65 bits per heavy atom.